The van der Waals surface area contributed by atoms with Gasteiger partial charge in [0, 0.05) is 0 Å². The third-order valence-corrected chi connectivity index (χ3v) is 4.15. The standard InChI is InChI=1S/2C10H6O8/c11-7(12)3-1-4(8(13)14)6(10(17)18)5(2-3)9(15)16;11-7(12)3-1-2-4(8(13)14)6(10(17)18)5(3)9(15)16/h2*1-2H,(H,11,12)(H,13,14)(H,15,16)(H,17,18). The molecule has 0 aliphatic carbocycles. The quantitative estimate of drug-likeness (QED) is 0.246. The van der Waals surface area contributed by atoms with E-state index in [2.05, 4.69) is 0 Å². The van der Waals surface area contributed by atoms with E-state index in [0.29, 0.717) is 12.1 Å². The molecule has 0 bridgehead atoms. The number of carbonyl (C=O) groups is 8. The molecule has 0 amide bonds. The molecule has 0 aliphatic heterocycles. The minimum atomic E-state index is -1.83. The summed E-state index contributed by atoms with van der Waals surface area (Å²) in [4.78, 5) is 86.6. The molecule has 0 fully saturated rings. The van der Waals surface area contributed by atoms with Crippen molar-refractivity contribution < 1.29 is 79.2 Å². The van der Waals surface area contributed by atoms with Crippen LogP contribution in [-0.2, 0) is 0 Å². The molecular weight excluding hydrogens is 496 g/mol. The molecule has 2 aromatic carbocycles. The number of benzene rings is 2. The fourth-order valence-electron chi connectivity index (χ4n) is 2.74. The van der Waals surface area contributed by atoms with Crippen LogP contribution in [0.15, 0.2) is 24.3 Å². The van der Waals surface area contributed by atoms with Crippen LogP contribution in [0.4, 0.5) is 0 Å². The van der Waals surface area contributed by atoms with Gasteiger partial charge in [-0.15, -0.1) is 0 Å². The van der Waals surface area contributed by atoms with Crippen LogP contribution in [0.1, 0.15) is 82.9 Å². The first-order valence-electron chi connectivity index (χ1n) is 8.74. The highest BCUT2D eigenvalue weighted by molar-refractivity contribution is 6.14. The van der Waals surface area contributed by atoms with Gasteiger partial charge in [0.1, 0.15) is 0 Å². The van der Waals surface area contributed by atoms with E-state index in [9.17, 15) is 38.4 Å². The molecule has 2 aromatic rings. The van der Waals surface area contributed by atoms with Crippen molar-refractivity contribution in [2.24, 2.45) is 0 Å². The molecule has 8 N–H and O–H groups in total. The van der Waals surface area contributed by atoms with Crippen LogP contribution in [0.3, 0.4) is 0 Å². The summed E-state index contributed by atoms with van der Waals surface area (Å²) >= 11 is 0. The van der Waals surface area contributed by atoms with Crippen LogP contribution in [0.2, 0.25) is 0 Å². The van der Waals surface area contributed by atoms with Crippen molar-refractivity contribution in [3.63, 3.8) is 0 Å². The number of hydrogen-bond donors (Lipinski definition) is 8. The van der Waals surface area contributed by atoms with Gasteiger partial charge >= 0.3 is 47.8 Å². The second-order valence-corrected chi connectivity index (χ2v) is 6.30. The van der Waals surface area contributed by atoms with E-state index in [4.69, 9.17) is 40.9 Å². The maximum Gasteiger partial charge on any atom is 0.337 e. The van der Waals surface area contributed by atoms with Gasteiger partial charge in [-0.05, 0) is 24.3 Å². The zero-order valence-electron chi connectivity index (χ0n) is 17.2. The molecule has 16 heteroatoms. The first-order valence-corrected chi connectivity index (χ1v) is 8.74. The Hall–Kier alpha value is -5.80. The van der Waals surface area contributed by atoms with E-state index in [0.717, 1.165) is 12.1 Å². The average Bonchev–Trinajstić information content (AvgIpc) is 2.76. The monoisotopic (exact) mass is 508 g/mol. The van der Waals surface area contributed by atoms with Gasteiger partial charge in [-0.3, -0.25) is 0 Å². The summed E-state index contributed by atoms with van der Waals surface area (Å²) in [6.45, 7) is 0. The van der Waals surface area contributed by atoms with Crippen molar-refractivity contribution in [1.29, 1.82) is 0 Å². The van der Waals surface area contributed by atoms with Crippen LogP contribution in [-0.4, -0.2) is 88.6 Å². The third kappa shape index (κ3) is 5.95. The Morgan fingerprint density at radius 1 is 0.361 bits per heavy atom. The fraction of sp³-hybridized carbons (Fsp3) is 0. The van der Waals surface area contributed by atoms with Crippen LogP contribution in [0, 0.1) is 0 Å². The lowest BCUT2D eigenvalue weighted by molar-refractivity contribution is 0.0619. The topological polar surface area (TPSA) is 298 Å². The van der Waals surface area contributed by atoms with E-state index in [1.165, 1.54) is 0 Å². The van der Waals surface area contributed by atoms with Gasteiger partial charge in [-0.1, -0.05) is 0 Å². The molecule has 0 atom stereocenters. The third-order valence-electron chi connectivity index (χ3n) is 4.15. The van der Waals surface area contributed by atoms with Gasteiger partial charge in [0.05, 0.1) is 44.5 Å². The van der Waals surface area contributed by atoms with Crippen LogP contribution in [0.5, 0.6) is 0 Å². The normalized spacial score (nSPS) is 9.78. The Labute approximate surface area is 196 Å². The highest BCUT2D eigenvalue weighted by atomic mass is 16.4. The number of hydrogen-bond acceptors (Lipinski definition) is 8. The van der Waals surface area contributed by atoms with Gasteiger partial charge in [0.2, 0.25) is 0 Å². The van der Waals surface area contributed by atoms with Gasteiger partial charge in [0.15, 0.2) is 0 Å². The molecule has 16 nitrogen and oxygen atoms in total. The van der Waals surface area contributed by atoms with E-state index >= 15 is 0 Å². The van der Waals surface area contributed by atoms with Gasteiger partial charge in [-0.2, -0.15) is 0 Å². The Balaban J connectivity index is 0.000000360. The number of rotatable bonds is 8. The first kappa shape index (κ1) is 28.2. The lowest BCUT2D eigenvalue weighted by Crippen LogP contribution is -2.19. The van der Waals surface area contributed by atoms with E-state index in [1.54, 1.807) is 0 Å². The van der Waals surface area contributed by atoms with E-state index < -0.39 is 92.3 Å². The van der Waals surface area contributed by atoms with Crippen LogP contribution >= 0.6 is 0 Å². The van der Waals surface area contributed by atoms with Gasteiger partial charge in [0.25, 0.3) is 0 Å². The van der Waals surface area contributed by atoms with Gasteiger partial charge < -0.3 is 40.9 Å². The van der Waals surface area contributed by atoms with Crippen molar-refractivity contribution in [3.05, 3.63) is 68.8 Å². The zero-order chi connectivity index (χ0) is 28.1. The number of carboxylic acids is 8. The lowest BCUT2D eigenvalue weighted by Gasteiger charge is -2.08. The maximum absolute atomic E-state index is 10.9. The molecule has 36 heavy (non-hydrogen) atoms. The summed E-state index contributed by atoms with van der Waals surface area (Å²) in [5.74, 6) is -13.7. The highest BCUT2D eigenvalue weighted by Gasteiger charge is 2.29. The van der Waals surface area contributed by atoms with Crippen molar-refractivity contribution in [1.82, 2.24) is 0 Å². The second-order valence-electron chi connectivity index (χ2n) is 6.30. The molecule has 0 radical (unpaired) electrons. The molecule has 2 rings (SSSR count). The zero-order valence-corrected chi connectivity index (χ0v) is 17.2. The highest BCUT2D eigenvalue weighted by Crippen LogP contribution is 2.21. The molecule has 0 unspecified atom stereocenters. The average molecular weight is 508 g/mol. The lowest BCUT2D eigenvalue weighted by atomic mass is 9.95. The minimum absolute atomic E-state index is 0.598. The molecule has 188 valence electrons. The molecular formula is C20H12O16. The second kappa shape index (κ2) is 10.9. The Bertz CT molecular complexity index is 1260. The van der Waals surface area contributed by atoms with Crippen molar-refractivity contribution in [2.45, 2.75) is 0 Å². The Morgan fingerprint density at radius 2 is 0.639 bits per heavy atom. The smallest absolute Gasteiger partial charge is 0.337 e. The predicted molar refractivity (Wildman–Crippen MR) is 109 cm³/mol. The maximum atomic E-state index is 10.9. The minimum Gasteiger partial charge on any atom is -0.478 e. The van der Waals surface area contributed by atoms with Crippen LogP contribution < -0.4 is 0 Å². The SMILES string of the molecule is O=C(O)c1cc(C(=O)O)c(C(=O)O)c(C(=O)O)c1.O=C(O)c1ccc(C(=O)O)c(C(=O)O)c1C(=O)O. The number of aromatic carboxylic acids is 8. The van der Waals surface area contributed by atoms with E-state index in [1.807, 2.05) is 0 Å². The Kier molecular flexibility index (Phi) is 8.53. The van der Waals surface area contributed by atoms with Gasteiger partial charge in [-0.25, -0.2) is 38.4 Å². The summed E-state index contributed by atoms with van der Waals surface area (Å²) in [5.41, 5.74) is -7.05. The Morgan fingerprint density at radius 3 is 0.833 bits per heavy atom. The molecule has 0 spiro atoms. The molecule has 0 saturated heterocycles. The fourth-order valence-corrected chi connectivity index (χ4v) is 2.74. The molecule has 0 aliphatic rings. The number of carboxylic acid groups (broad SMARTS) is 8. The molecule has 0 aromatic heterocycles. The summed E-state index contributed by atoms with van der Waals surface area (Å²) in [5, 5.41) is 70.2. The summed E-state index contributed by atoms with van der Waals surface area (Å²) in [6, 6.07) is 2.67. The first-order chi connectivity index (χ1) is 16.5. The molecule has 0 saturated carbocycles. The largest absolute Gasteiger partial charge is 0.478 e. The predicted octanol–water partition coefficient (Wildman–Crippen LogP) is 0.959. The van der Waals surface area contributed by atoms with Crippen molar-refractivity contribution in [2.75, 3.05) is 0 Å². The summed E-state index contributed by atoms with van der Waals surface area (Å²) in [6.07, 6.45) is 0. The van der Waals surface area contributed by atoms with Crippen molar-refractivity contribution >= 4 is 47.8 Å². The molecule has 0 heterocycles. The van der Waals surface area contributed by atoms with Crippen molar-refractivity contribution in [3.8, 4) is 0 Å². The summed E-state index contributed by atoms with van der Waals surface area (Å²) in [7, 11) is 0. The van der Waals surface area contributed by atoms with E-state index in [-0.39, 0.29) is 0 Å². The summed E-state index contributed by atoms with van der Waals surface area (Å²) < 4.78 is 0. The van der Waals surface area contributed by atoms with Crippen LogP contribution in [0.25, 0.3) is 0 Å².